The topological polar surface area (TPSA) is 17.1 Å². The lowest BCUT2D eigenvalue weighted by atomic mass is 9.51. The van der Waals surface area contributed by atoms with Gasteiger partial charge < -0.3 is 0 Å². The van der Waals surface area contributed by atoms with Crippen LogP contribution in [0.1, 0.15) is 52.4 Å². The molecule has 0 radical (unpaired) electrons. The van der Waals surface area contributed by atoms with Crippen molar-refractivity contribution in [1.82, 2.24) is 0 Å². The number of rotatable bonds is 1. The summed E-state index contributed by atoms with van der Waals surface area (Å²) in [5, 5.41) is 0. The zero-order valence-electron chi connectivity index (χ0n) is 10.5. The van der Waals surface area contributed by atoms with E-state index in [0.717, 1.165) is 31.1 Å². The van der Waals surface area contributed by atoms with E-state index in [-0.39, 0.29) is 5.41 Å². The van der Waals surface area contributed by atoms with Gasteiger partial charge in [0, 0.05) is 0 Å². The Balaban J connectivity index is 2.32. The summed E-state index contributed by atoms with van der Waals surface area (Å²) in [6.45, 7) is 9.06. The predicted molar refractivity (Wildman–Crippen MR) is 67.2 cm³/mol. The smallest absolute Gasteiger partial charge is 0.145 e. The first-order valence-electron chi connectivity index (χ1n) is 6.34. The van der Waals surface area contributed by atoms with Crippen LogP contribution in [0.15, 0.2) is 23.8 Å². The molecule has 1 unspecified atom stereocenters. The van der Waals surface area contributed by atoms with Crippen LogP contribution >= 0.6 is 0 Å². The fourth-order valence-corrected chi connectivity index (χ4v) is 3.61. The van der Waals surface area contributed by atoms with Crippen molar-refractivity contribution in [3.63, 3.8) is 0 Å². The van der Waals surface area contributed by atoms with E-state index in [1.807, 2.05) is 0 Å². The van der Waals surface area contributed by atoms with E-state index >= 15 is 0 Å². The van der Waals surface area contributed by atoms with Crippen LogP contribution in [0.2, 0.25) is 0 Å². The van der Waals surface area contributed by atoms with Crippen LogP contribution in [0.4, 0.5) is 0 Å². The average Bonchev–Trinajstić information content (AvgIpc) is 2.27. The molecule has 2 aliphatic rings. The van der Waals surface area contributed by atoms with Crippen LogP contribution in [0.25, 0.3) is 0 Å². The molecule has 0 saturated heterocycles. The largest absolute Gasteiger partial charge is 0.298 e. The molecular weight excluding hydrogens is 196 g/mol. The standard InChI is InChI=1S/C15H22O/c1-12-5-4-8-14(2,3)15(12)9-6-13(11-16)7-10-15/h6,11H,1,4-5,7-10H2,2-3H3. The molecule has 0 heterocycles. The van der Waals surface area contributed by atoms with Gasteiger partial charge in [0.25, 0.3) is 0 Å². The van der Waals surface area contributed by atoms with Gasteiger partial charge in [0.05, 0.1) is 0 Å². The molecule has 0 bridgehead atoms. The van der Waals surface area contributed by atoms with Crippen molar-refractivity contribution < 1.29 is 4.79 Å². The summed E-state index contributed by atoms with van der Waals surface area (Å²) in [4.78, 5) is 10.8. The fraction of sp³-hybridized carbons (Fsp3) is 0.667. The van der Waals surface area contributed by atoms with Gasteiger partial charge in [0.1, 0.15) is 6.29 Å². The van der Waals surface area contributed by atoms with E-state index < -0.39 is 0 Å². The quantitative estimate of drug-likeness (QED) is 0.479. The van der Waals surface area contributed by atoms with Crippen molar-refractivity contribution in [1.29, 1.82) is 0 Å². The second kappa shape index (κ2) is 3.87. The second-order valence-electron chi connectivity index (χ2n) is 6.02. The minimum absolute atomic E-state index is 0.262. The van der Waals surface area contributed by atoms with Gasteiger partial charge in [-0.3, -0.25) is 4.79 Å². The lowest BCUT2D eigenvalue weighted by Crippen LogP contribution is -2.43. The Hall–Kier alpha value is -0.850. The molecule has 16 heavy (non-hydrogen) atoms. The van der Waals surface area contributed by atoms with Crippen LogP contribution < -0.4 is 0 Å². The molecule has 0 aromatic carbocycles. The summed E-state index contributed by atoms with van der Waals surface area (Å²) in [6, 6.07) is 0. The first-order valence-corrected chi connectivity index (χ1v) is 6.34. The molecule has 1 saturated carbocycles. The Bertz CT molecular complexity index is 348. The Labute approximate surface area is 98.6 Å². The molecule has 2 rings (SSSR count). The SMILES string of the molecule is C=C1CCCC(C)(C)C12CC=C(C=O)CC2. The minimum atomic E-state index is 0.262. The third kappa shape index (κ3) is 1.57. The molecule has 0 amide bonds. The highest BCUT2D eigenvalue weighted by molar-refractivity contribution is 5.73. The summed E-state index contributed by atoms with van der Waals surface area (Å²) in [7, 11) is 0. The summed E-state index contributed by atoms with van der Waals surface area (Å²) in [6.07, 6.45) is 9.98. The van der Waals surface area contributed by atoms with Crippen LogP contribution in [0.3, 0.4) is 0 Å². The molecule has 1 nitrogen and oxygen atoms in total. The number of hydrogen-bond donors (Lipinski definition) is 0. The van der Waals surface area contributed by atoms with Crippen LogP contribution in [-0.2, 0) is 4.79 Å². The van der Waals surface area contributed by atoms with Crippen molar-refractivity contribution in [2.75, 3.05) is 0 Å². The number of allylic oxidation sites excluding steroid dienone is 3. The maximum Gasteiger partial charge on any atom is 0.145 e. The Kier molecular flexibility index (Phi) is 2.81. The summed E-state index contributed by atoms with van der Waals surface area (Å²) in [5.41, 5.74) is 3.01. The van der Waals surface area contributed by atoms with Gasteiger partial charge in [-0.2, -0.15) is 0 Å². The fourth-order valence-electron chi connectivity index (χ4n) is 3.61. The molecular formula is C15H22O. The Morgan fingerprint density at radius 1 is 1.31 bits per heavy atom. The van der Waals surface area contributed by atoms with E-state index in [9.17, 15) is 4.79 Å². The number of hydrogen-bond acceptors (Lipinski definition) is 1. The van der Waals surface area contributed by atoms with Gasteiger partial charge in [0.2, 0.25) is 0 Å². The molecule has 2 aliphatic carbocycles. The van der Waals surface area contributed by atoms with Crippen molar-refractivity contribution in [2.24, 2.45) is 10.8 Å². The number of carbonyl (C=O) groups is 1. The molecule has 1 fully saturated rings. The summed E-state index contributed by atoms with van der Waals surface area (Å²) >= 11 is 0. The zero-order chi connectivity index (χ0) is 11.8. The predicted octanol–water partition coefficient (Wildman–Crippen LogP) is 4.05. The minimum Gasteiger partial charge on any atom is -0.298 e. The van der Waals surface area contributed by atoms with Gasteiger partial charge in [-0.05, 0) is 54.9 Å². The average molecular weight is 218 g/mol. The van der Waals surface area contributed by atoms with Crippen LogP contribution in [-0.4, -0.2) is 6.29 Å². The third-order valence-electron chi connectivity index (χ3n) is 4.96. The van der Waals surface area contributed by atoms with Crippen molar-refractivity contribution in [3.8, 4) is 0 Å². The van der Waals surface area contributed by atoms with E-state index in [2.05, 4.69) is 26.5 Å². The highest BCUT2D eigenvalue weighted by atomic mass is 16.1. The first-order chi connectivity index (χ1) is 7.52. The maximum atomic E-state index is 10.8. The monoisotopic (exact) mass is 218 g/mol. The van der Waals surface area contributed by atoms with Crippen LogP contribution in [0, 0.1) is 10.8 Å². The lowest BCUT2D eigenvalue weighted by Gasteiger charge is -2.53. The van der Waals surface area contributed by atoms with E-state index in [1.54, 1.807) is 0 Å². The molecule has 0 N–H and O–H groups in total. The molecule has 0 aromatic heterocycles. The van der Waals surface area contributed by atoms with Gasteiger partial charge in [-0.1, -0.05) is 32.1 Å². The molecule has 0 aromatic rings. The molecule has 1 spiro atoms. The first kappa shape index (κ1) is 11.6. The highest BCUT2D eigenvalue weighted by Crippen LogP contribution is 2.59. The van der Waals surface area contributed by atoms with E-state index in [1.165, 1.54) is 24.8 Å². The van der Waals surface area contributed by atoms with Gasteiger partial charge >= 0.3 is 0 Å². The summed E-state index contributed by atoms with van der Waals surface area (Å²) < 4.78 is 0. The Morgan fingerprint density at radius 3 is 2.56 bits per heavy atom. The maximum absolute atomic E-state index is 10.8. The van der Waals surface area contributed by atoms with E-state index in [4.69, 9.17) is 0 Å². The number of carbonyl (C=O) groups excluding carboxylic acids is 1. The van der Waals surface area contributed by atoms with Crippen molar-refractivity contribution >= 4 is 6.29 Å². The third-order valence-corrected chi connectivity index (χ3v) is 4.96. The Morgan fingerprint density at radius 2 is 2.06 bits per heavy atom. The van der Waals surface area contributed by atoms with Gasteiger partial charge in [-0.25, -0.2) is 0 Å². The molecule has 88 valence electrons. The summed E-state index contributed by atoms with van der Waals surface area (Å²) in [5.74, 6) is 0. The normalized spacial score (nSPS) is 33.6. The van der Waals surface area contributed by atoms with Gasteiger partial charge in [0.15, 0.2) is 0 Å². The molecule has 1 atom stereocenters. The van der Waals surface area contributed by atoms with Crippen molar-refractivity contribution in [3.05, 3.63) is 23.8 Å². The van der Waals surface area contributed by atoms with Gasteiger partial charge in [-0.15, -0.1) is 0 Å². The van der Waals surface area contributed by atoms with E-state index in [0.29, 0.717) is 5.41 Å². The molecule has 1 heteroatoms. The molecule has 0 aliphatic heterocycles. The second-order valence-corrected chi connectivity index (χ2v) is 6.02. The highest BCUT2D eigenvalue weighted by Gasteiger charge is 2.48. The lowest BCUT2D eigenvalue weighted by molar-refractivity contribution is -0.105. The zero-order valence-corrected chi connectivity index (χ0v) is 10.5. The van der Waals surface area contributed by atoms with Crippen LogP contribution in [0.5, 0.6) is 0 Å². The number of aldehydes is 1. The van der Waals surface area contributed by atoms with Crippen molar-refractivity contribution in [2.45, 2.75) is 52.4 Å².